The highest BCUT2D eigenvalue weighted by atomic mass is 35.5. The number of hydrogen-bond acceptors (Lipinski definition) is 3. The van der Waals surface area contributed by atoms with E-state index < -0.39 is 10.0 Å². The molecule has 2 aliphatic rings. The normalized spacial score (nSPS) is 27.3. The molecule has 1 aromatic rings. The Hall–Kier alpha value is -0.620. The molecule has 4 nitrogen and oxygen atoms in total. The third-order valence-electron chi connectivity index (χ3n) is 4.62. The first kappa shape index (κ1) is 15.3. The van der Waals surface area contributed by atoms with E-state index in [0.29, 0.717) is 28.1 Å². The fraction of sp³-hybridized carbons (Fsp3) is 0.600. The fourth-order valence-corrected chi connectivity index (χ4v) is 5.71. The topological polar surface area (TPSA) is 49.4 Å². The average molecular weight is 329 g/mol. The van der Waals surface area contributed by atoms with Gasteiger partial charge in [0.2, 0.25) is 10.0 Å². The largest absolute Gasteiger partial charge is 0.312 e. The summed E-state index contributed by atoms with van der Waals surface area (Å²) in [7, 11) is -3.47. The van der Waals surface area contributed by atoms with Crippen LogP contribution in [-0.4, -0.2) is 37.9 Å². The van der Waals surface area contributed by atoms with Crippen LogP contribution in [0.1, 0.15) is 31.2 Å². The van der Waals surface area contributed by atoms with Crippen LogP contribution in [0.25, 0.3) is 0 Å². The third-order valence-corrected chi connectivity index (χ3v) is 7.09. The van der Waals surface area contributed by atoms with Crippen LogP contribution in [0.4, 0.5) is 0 Å². The van der Waals surface area contributed by atoms with Crippen molar-refractivity contribution in [2.45, 2.75) is 49.6 Å². The minimum absolute atomic E-state index is 0.0795. The summed E-state index contributed by atoms with van der Waals surface area (Å²) < 4.78 is 27.7. The quantitative estimate of drug-likeness (QED) is 0.927. The van der Waals surface area contributed by atoms with Gasteiger partial charge in [-0.2, -0.15) is 4.31 Å². The molecule has 2 heterocycles. The van der Waals surface area contributed by atoms with Gasteiger partial charge in [0.15, 0.2) is 0 Å². The van der Waals surface area contributed by atoms with Crippen molar-refractivity contribution in [2.75, 3.05) is 13.1 Å². The Morgan fingerprint density at radius 3 is 2.81 bits per heavy atom. The summed E-state index contributed by atoms with van der Waals surface area (Å²) in [5, 5.41) is 3.95. The number of nitrogens with one attached hydrogen (secondary N) is 1. The van der Waals surface area contributed by atoms with Crippen LogP contribution >= 0.6 is 11.6 Å². The Morgan fingerprint density at radius 2 is 2.10 bits per heavy atom. The number of sulfonamides is 1. The number of rotatable bonds is 3. The van der Waals surface area contributed by atoms with Gasteiger partial charge in [-0.25, -0.2) is 8.42 Å². The summed E-state index contributed by atoms with van der Waals surface area (Å²) in [4.78, 5) is 0.347. The van der Waals surface area contributed by atoms with Gasteiger partial charge in [0.1, 0.15) is 0 Å². The standard InChI is InChI=1S/C15H21ClN2O2S/c1-11-12(16)5-2-8-15(11)21(19,20)18-10-4-7-14(18)13-6-3-9-17-13/h2,5,8,13-14,17H,3-4,6-7,9-10H2,1H3. The molecule has 1 N–H and O–H groups in total. The maximum Gasteiger partial charge on any atom is 0.243 e. The molecule has 2 fully saturated rings. The Bertz CT molecular complexity index is 627. The second-order valence-corrected chi connectivity index (χ2v) is 8.16. The lowest BCUT2D eigenvalue weighted by molar-refractivity contribution is 0.322. The summed E-state index contributed by atoms with van der Waals surface area (Å²) in [6, 6.07) is 5.48. The molecule has 0 radical (unpaired) electrons. The maximum absolute atomic E-state index is 13.0. The molecule has 0 aliphatic carbocycles. The van der Waals surface area contributed by atoms with E-state index in [0.717, 1.165) is 32.2 Å². The molecule has 116 valence electrons. The molecule has 0 saturated carbocycles. The highest BCUT2D eigenvalue weighted by Gasteiger charge is 2.40. The van der Waals surface area contributed by atoms with Gasteiger partial charge in [0, 0.05) is 23.7 Å². The summed E-state index contributed by atoms with van der Waals surface area (Å²) in [6.45, 7) is 3.37. The number of nitrogens with zero attached hydrogens (tertiary/aromatic N) is 1. The lowest BCUT2D eigenvalue weighted by atomic mass is 10.1. The zero-order valence-electron chi connectivity index (χ0n) is 12.2. The van der Waals surface area contributed by atoms with Gasteiger partial charge in [0.05, 0.1) is 4.90 Å². The van der Waals surface area contributed by atoms with Gasteiger partial charge >= 0.3 is 0 Å². The van der Waals surface area contributed by atoms with Gasteiger partial charge in [-0.1, -0.05) is 17.7 Å². The van der Waals surface area contributed by atoms with Crippen molar-refractivity contribution in [1.29, 1.82) is 0 Å². The summed E-state index contributed by atoms with van der Waals surface area (Å²) in [5.74, 6) is 0. The van der Waals surface area contributed by atoms with E-state index in [2.05, 4.69) is 5.32 Å². The van der Waals surface area contributed by atoms with E-state index in [4.69, 9.17) is 11.6 Å². The Balaban J connectivity index is 1.95. The van der Waals surface area contributed by atoms with Crippen molar-refractivity contribution >= 4 is 21.6 Å². The second kappa shape index (κ2) is 5.88. The molecule has 21 heavy (non-hydrogen) atoms. The molecule has 1 aromatic carbocycles. The molecule has 2 saturated heterocycles. The second-order valence-electron chi connectivity index (χ2n) is 5.89. The molecule has 2 unspecified atom stereocenters. The summed E-state index contributed by atoms with van der Waals surface area (Å²) in [6.07, 6.45) is 4.06. The summed E-state index contributed by atoms with van der Waals surface area (Å²) in [5.41, 5.74) is 0.643. The first-order chi connectivity index (χ1) is 10.0. The minimum atomic E-state index is -3.47. The van der Waals surface area contributed by atoms with Crippen LogP contribution < -0.4 is 5.32 Å². The van der Waals surface area contributed by atoms with Gasteiger partial charge in [0.25, 0.3) is 0 Å². The molecule has 6 heteroatoms. The van der Waals surface area contributed by atoms with Crippen LogP contribution in [-0.2, 0) is 10.0 Å². The molecule has 0 amide bonds. The van der Waals surface area contributed by atoms with Gasteiger partial charge in [-0.3, -0.25) is 0 Å². The van der Waals surface area contributed by atoms with Crippen LogP contribution in [0.15, 0.2) is 23.1 Å². The van der Waals surface area contributed by atoms with Gasteiger partial charge in [-0.05, 0) is 56.8 Å². The van der Waals surface area contributed by atoms with E-state index >= 15 is 0 Å². The third kappa shape index (κ3) is 2.72. The Kier molecular flexibility index (Phi) is 4.28. The van der Waals surface area contributed by atoms with Crippen molar-refractivity contribution in [3.8, 4) is 0 Å². The molecule has 3 rings (SSSR count). The fourth-order valence-electron chi connectivity index (χ4n) is 3.50. The molecule has 0 bridgehead atoms. The van der Waals surface area contributed by atoms with Crippen LogP contribution in [0, 0.1) is 6.92 Å². The van der Waals surface area contributed by atoms with E-state index in [1.54, 1.807) is 29.4 Å². The highest BCUT2D eigenvalue weighted by molar-refractivity contribution is 7.89. The maximum atomic E-state index is 13.0. The van der Waals surface area contributed by atoms with Crippen LogP contribution in [0.5, 0.6) is 0 Å². The van der Waals surface area contributed by atoms with E-state index in [9.17, 15) is 8.42 Å². The summed E-state index contributed by atoms with van der Waals surface area (Å²) >= 11 is 6.09. The van der Waals surface area contributed by atoms with Crippen molar-refractivity contribution in [3.63, 3.8) is 0 Å². The predicted octanol–water partition coefficient (Wildman–Crippen LogP) is 2.55. The number of halogens is 1. The number of benzene rings is 1. The Labute approximate surface area is 131 Å². The molecule has 0 spiro atoms. The minimum Gasteiger partial charge on any atom is -0.312 e. The Morgan fingerprint density at radius 1 is 1.29 bits per heavy atom. The van der Waals surface area contributed by atoms with Crippen molar-refractivity contribution in [2.24, 2.45) is 0 Å². The van der Waals surface area contributed by atoms with Gasteiger partial charge < -0.3 is 5.32 Å². The smallest absolute Gasteiger partial charge is 0.243 e. The zero-order chi connectivity index (χ0) is 15.0. The van der Waals surface area contributed by atoms with Crippen molar-refractivity contribution in [3.05, 3.63) is 28.8 Å². The molecular weight excluding hydrogens is 308 g/mol. The van der Waals surface area contributed by atoms with Crippen molar-refractivity contribution in [1.82, 2.24) is 9.62 Å². The lowest BCUT2D eigenvalue weighted by Gasteiger charge is -2.29. The molecule has 2 atom stereocenters. The average Bonchev–Trinajstić information content (AvgIpc) is 3.11. The monoisotopic (exact) mass is 328 g/mol. The predicted molar refractivity (Wildman–Crippen MR) is 84.1 cm³/mol. The first-order valence-corrected chi connectivity index (χ1v) is 9.34. The molecular formula is C15H21ClN2O2S. The van der Waals surface area contributed by atoms with E-state index in [-0.39, 0.29) is 6.04 Å². The van der Waals surface area contributed by atoms with Crippen LogP contribution in [0.3, 0.4) is 0 Å². The zero-order valence-corrected chi connectivity index (χ0v) is 13.8. The van der Waals surface area contributed by atoms with Crippen LogP contribution in [0.2, 0.25) is 5.02 Å². The first-order valence-electron chi connectivity index (χ1n) is 7.52. The van der Waals surface area contributed by atoms with E-state index in [1.165, 1.54) is 0 Å². The molecule has 2 aliphatic heterocycles. The SMILES string of the molecule is Cc1c(Cl)cccc1S(=O)(=O)N1CCCC1C1CCCN1. The van der Waals surface area contributed by atoms with Gasteiger partial charge in [-0.15, -0.1) is 0 Å². The molecule has 0 aromatic heterocycles. The van der Waals surface area contributed by atoms with Crippen molar-refractivity contribution < 1.29 is 8.42 Å². The van der Waals surface area contributed by atoms with E-state index in [1.807, 2.05) is 0 Å². The lowest BCUT2D eigenvalue weighted by Crippen LogP contribution is -2.46. The number of hydrogen-bond donors (Lipinski definition) is 1. The highest BCUT2D eigenvalue weighted by Crippen LogP contribution is 2.33.